The lowest BCUT2D eigenvalue weighted by molar-refractivity contribution is 0.0938. The van der Waals surface area contributed by atoms with E-state index in [1.165, 1.54) is 0 Å². The lowest BCUT2D eigenvalue weighted by Crippen LogP contribution is -2.32. The van der Waals surface area contributed by atoms with Crippen molar-refractivity contribution < 1.29 is 4.79 Å². The molecule has 0 aliphatic carbocycles. The highest BCUT2D eigenvalue weighted by atomic mass is 16.1. The van der Waals surface area contributed by atoms with Gasteiger partial charge in [0.15, 0.2) is 0 Å². The summed E-state index contributed by atoms with van der Waals surface area (Å²) in [4.78, 5) is 11.9. The minimum absolute atomic E-state index is 0.0329. The van der Waals surface area contributed by atoms with Gasteiger partial charge in [-0.1, -0.05) is 24.6 Å². The summed E-state index contributed by atoms with van der Waals surface area (Å²) in [6.07, 6.45) is 0.955. The van der Waals surface area contributed by atoms with Gasteiger partial charge in [0.1, 0.15) is 0 Å². The number of amides is 1. The maximum absolute atomic E-state index is 11.9. The molecular weight excluding hydrogens is 186 g/mol. The Labute approximate surface area is 91.7 Å². The molecule has 1 atom stereocenters. The maximum atomic E-state index is 11.9. The van der Waals surface area contributed by atoms with Crippen LogP contribution in [0.1, 0.15) is 41.8 Å². The molecule has 1 N–H and O–H groups in total. The summed E-state index contributed by atoms with van der Waals surface area (Å²) in [5.41, 5.74) is 2.94. The lowest BCUT2D eigenvalue weighted by Gasteiger charge is -2.13. The number of rotatable bonds is 3. The van der Waals surface area contributed by atoms with E-state index in [-0.39, 0.29) is 11.9 Å². The molecule has 0 spiro atoms. The normalized spacial score (nSPS) is 12.3. The molecule has 0 bridgehead atoms. The molecule has 0 heterocycles. The van der Waals surface area contributed by atoms with Crippen LogP contribution in [0.2, 0.25) is 0 Å². The highest BCUT2D eigenvalue weighted by Gasteiger charge is 2.10. The van der Waals surface area contributed by atoms with E-state index in [2.05, 4.69) is 12.2 Å². The molecule has 1 aromatic carbocycles. The third-order valence-corrected chi connectivity index (χ3v) is 2.63. The van der Waals surface area contributed by atoms with Crippen molar-refractivity contribution in [2.24, 2.45) is 0 Å². The van der Waals surface area contributed by atoms with Crippen molar-refractivity contribution in [2.75, 3.05) is 0 Å². The van der Waals surface area contributed by atoms with E-state index in [1.54, 1.807) is 0 Å². The molecule has 2 heteroatoms. The summed E-state index contributed by atoms with van der Waals surface area (Å²) < 4.78 is 0. The zero-order chi connectivity index (χ0) is 11.4. The van der Waals surface area contributed by atoms with Crippen LogP contribution in [0.4, 0.5) is 0 Å². The Morgan fingerprint density at radius 1 is 1.40 bits per heavy atom. The highest BCUT2D eigenvalue weighted by molar-refractivity contribution is 5.95. The van der Waals surface area contributed by atoms with E-state index in [1.807, 2.05) is 39.0 Å². The van der Waals surface area contributed by atoms with Gasteiger partial charge in [-0.05, 0) is 38.8 Å². The van der Waals surface area contributed by atoms with Crippen LogP contribution in [-0.4, -0.2) is 11.9 Å². The van der Waals surface area contributed by atoms with E-state index in [0.717, 1.165) is 23.1 Å². The lowest BCUT2D eigenvalue weighted by atomic mass is 10.0. The summed E-state index contributed by atoms with van der Waals surface area (Å²) in [5, 5.41) is 2.97. The summed E-state index contributed by atoms with van der Waals surface area (Å²) >= 11 is 0. The number of aryl methyl sites for hydroxylation is 2. The number of carbonyl (C=O) groups excluding carboxylic acids is 1. The van der Waals surface area contributed by atoms with E-state index in [0.29, 0.717) is 0 Å². The molecular formula is C13H19NO. The second-order valence-electron chi connectivity index (χ2n) is 4.10. The van der Waals surface area contributed by atoms with Gasteiger partial charge in [0, 0.05) is 11.6 Å². The summed E-state index contributed by atoms with van der Waals surface area (Å²) in [6, 6.07) is 6.18. The SMILES string of the molecule is CCC(C)NC(=O)c1cc(C)ccc1C. The molecule has 0 fully saturated rings. The molecule has 82 valence electrons. The van der Waals surface area contributed by atoms with E-state index >= 15 is 0 Å². The molecule has 1 unspecified atom stereocenters. The van der Waals surface area contributed by atoms with Gasteiger partial charge < -0.3 is 5.32 Å². The molecule has 1 rings (SSSR count). The first-order valence-electron chi connectivity index (χ1n) is 5.42. The first-order valence-corrected chi connectivity index (χ1v) is 5.42. The maximum Gasteiger partial charge on any atom is 0.251 e. The van der Waals surface area contributed by atoms with Crippen LogP contribution in [0, 0.1) is 13.8 Å². The number of hydrogen-bond donors (Lipinski definition) is 1. The van der Waals surface area contributed by atoms with E-state index in [9.17, 15) is 4.79 Å². The molecule has 0 aliphatic heterocycles. The number of hydrogen-bond acceptors (Lipinski definition) is 1. The van der Waals surface area contributed by atoms with Crippen LogP contribution in [-0.2, 0) is 0 Å². The van der Waals surface area contributed by atoms with Gasteiger partial charge in [-0.15, -0.1) is 0 Å². The van der Waals surface area contributed by atoms with Gasteiger partial charge in [-0.2, -0.15) is 0 Å². The van der Waals surface area contributed by atoms with Gasteiger partial charge >= 0.3 is 0 Å². The first-order chi connectivity index (χ1) is 7.04. The largest absolute Gasteiger partial charge is 0.350 e. The Bertz CT molecular complexity index is 358. The number of carbonyl (C=O) groups is 1. The average molecular weight is 205 g/mol. The summed E-state index contributed by atoms with van der Waals surface area (Å²) in [7, 11) is 0. The Morgan fingerprint density at radius 3 is 2.67 bits per heavy atom. The van der Waals surface area contributed by atoms with Crippen LogP contribution < -0.4 is 5.32 Å². The summed E-state index contributed by atoms with van der Waals surface area (Å²) in [5.74, 6) is 0.0329. The van der Waals surface area contributed by atoms with Crippen molar-refractivity contribution in [3.8, 4) is 0 Å². The molecule has 15 heavy (non-hydrogen) atoms. The van der Waals surface area contributed by atoms with E-state index in [4.69, 9.17) is 0 Å². The van der Waals surface area contributed by atoms with Crippen molar-refractivity contribution in [3.63, 3.8) is 0 Å². The van der Waals surface area contributed by atoms with Crippen molar-refractivity contribution in [2.45, 2.75) is 40.2 Å². The van der Waals surface area contributed by atoms with Crippen molar-refractivity contribution >= 4 is 5.91 Å². The third kappa shape index (κ3) is 3.08. The Morgan fingerprint density at radius 2 is 2.07 bits per heavy atom. The van der Waals surface area contributed by atoms with Crippen molar-refractivity contribution in [1.82, 2.24) is 5.32 Å². The Hall–Kier alpha value is -1.31. The zero-order valence-corrected chi connectivity index (χ0v) is 9.92. The third-order valence-electron chi connectivity index (χ3n) is 2.63. The van der Waals surface area contributed by atoms with Gasteiger partial charge in [0.25, 0.3) is 5.91 Å². The van der Waals surface area contributed by atoms with Crippen LogP contribution in [0.5, 0.6) is 0 Å². The predicted molar refractivity (Wildman–Crippen MR) is 63.1 cm³/mol. The minimum Gasteiger partial charge on any atom is -0.350 e. The van der Waals surface area contributed by atoms with E-state index < -0.39 is 0 Å². The second kappa shape index (κ2) is 4.96. The van der Waals surface area contributed by atoms with Crippen molar-refractivity contribution in [3.05, 3.63) is 34.9 Å². The Kier molecular flexibility index (Phi) is 3.89. The molecule has 0 aromatic heterocycles. The second-order valence-corrected chi connectivity index (χ2v) is 4.10. The molecule has 0 radical (unpaired) electrons. The fourth-order valence-corrected chi connectivity index (χ4v) is 1.38. The predicted octanol–water partition coefficient (Wildman–Crippen LogP) is 2.83. The van der Waals surface area contributed by atoms with Gasteiger partial charge in [-0.3, -0.25) is 4.79 Å². The highest BCUT2D eigenvalue weighted by Crippen LogP contribution is 2.10. The molecule has 2 nitrogen and oxygen atoms in total. The van der Waals surface area contributed by atoms with Gasteiger partial charge in [-0.25, -0.2) is 0 Å². The quantitative estimate of drug-likeness (QED) is 0.807. The van der Waals surface area contributed by atoms with Crippen LogP contribution in [0.3, 0.4) is 0 Å². The number of benzene rings is 1. The van der Waals surface area contributed by atoms with Gasteiger partial charge in [0.05, 0.1) is 0 Å². The summed E-state index contributed by atoms with van der Waals surface area (Å²) in [6.45, 7) is 8.04. The van der Waals surface area contributed by atoms with Crippen LogP contribution in [0.25, 0.3) is 0 Å². The average Bonchev–Trinajstić information content (AvgIpc) is 2.21. The van der Waals surface area contributed by atoms with Gasteiger partial charge in [0.2, 0.25) is 0 Å². The fraction of sp³-hybridized carbons (Fsp3) is 0.462. The topological polar surface area (TPSA) is 29.1 Å². The molecule has 0 aliphatic rings. The molecule has 0 saturated heterocycles. The van der Waals surface area contributed by atoms with Crippen LogP contribution >= 0.6 is 0 Å². The smallest absolute Gasteiger partial charge is 0.251 e. The first kappa shape index (κ1) is 11.8. The molecule has 0 saturated carbocycles. The fourth-order valence-electron chi connectivity index (χ4n) is 1.38. The molecule has 1 amide bonds. The minimum atomic E-state index is 0.0329. The number of nitrogens with one attached hydrogen (secondary N) is 1. The van der Waals surface area contributed by atoms with Crippen molar-refractivity contribution in [1.29, 1.82) is 0 Å². The monoisotopic (exact) mass is 205 g/mol. The standard InChI is InChI=1S/C13H19NO/c1-5-11(4)14-13(15)12-8-9(2)6-7-10(12)3/h6-8,11H,5H2,1-4H3,(H,14,15). The zero-order valence-electron chi connectivity index (χ0n) is 9.92. The Balaban J connectivity index is 2.86. The van der Waals surface area contributed by atoms with Crippen LogP contribution in [0.15, 0.2) is 18.2 Å². The molecule has 1 aromatic rings.